The van der Waals surface area contributed by atoms with E-state index in [0.717, 1.165) is 31.4 Å². The van der Waals surface area contributed by atoms with Gasteiger partial charge in [-0.1, -0.05) is 12.8 Å². The molecule has 0 aliphatic rings. The third kappa shape index (κ3) is 5.05. The van der Waals surface area contributed by atoms with Crippen molar-refractivity contribution in [3.05, 3.63) is 23.4 Å². The Morgan fingerprint density at radius 3 is 2.50 bits per heavy atom. The molecule has 7 heteroatoms. The van der Waals surface area contributed by atoms with Crippen LogP contribution in [0.5, 0.6) is 0 Å². The third-order valence-electron chi connectivity index (χ3n) is 2.68. The fourth-order valence-electron chi connectivity index (χ4n) is 1.64. The molecule has 1 aromatic rings. The molecule has 0 saturated carbocycles. The predicted octanol–water partition coefficient (Wildman–Crippen LogP) is 2.94. The second kappa shape index (κ2) is 7.70. The van der Waals surface area contributed by atoms with Gasteiger partial charge in [0, 0.05) is 13.2 Å². The molecular formula is C13H16F3N3O. The SMILES string of the molecule is N#Cc1ccc(C(F)(F)F)nc1NCCCCCCO. The lowest BCUT2D eigenvalue weighted by Crippen LogP contribution is -2.12. The summed E-state index contributed by atoms with van der Waals surface area (Å²) >= 11 is 0. The zero-order valence-electron chi connectivity index (χ0n) is 10.9. The minimum Gasteiger partial charge on any atom is -0.396 e. The van der Waals surface area contributed by atoms with Crippen molar-refractivity contribution in [3.63, 3.8) is 0 Å². The highest BCUT2D eigenvalue weighted by Crippen LogP contribution is 2.29. The molecule has 4 nitrogen and oxygen atoms in total. The molecule has 0 radical (unpaired) electrons. The van der Waals surface area contributed by atoms with Crippen LogP contribution in [0, 0.1) is 11.3 Å². The zero-order chi connectivity index (χ0) is 15.0. The van der Waals surface area contributed by atoms with E-state index < -0.39 is 11.9 Å². The Morgan fingerprint density at radius 2 is 1.90 bits per heavy atom. The summed E-state index contributed by atoms with van der Waals surface area (Å²) in [7, 11) is 0. The fraction of sp³-hybridized carbons (Fsp3) is 0.538. The van der Waals surface area contributed by atoms with Crippen molar-refractivity contribution >= 4 is 5.82 Å². The molecule has 0 fully saturated rings. The van der Waals surface area contributed by atoms with E-state index in [2.05, 4.69) is 10.3 Å². The molecule has 0 aliphatic heterocycles. The summed E-state index contributed by atoms with van der Waals surface area (Å²) in [5.74, 6) is -0.0375. The van der Waals surface area contributed by atoms with Gasteiger partial charge in [-0.15, -0.1) is 0 Å². The van der Waals surface area contributed by atoms with Crippen molar-refractivity contribution in [2.45, 2.75) is 31.9 Å². The molecule has 0 bridgehead atoms. The van der Waals surface area contributed by atoms with Gasteiger partial charge >= 0.3 is 6.18 Å². The first-order valence-corrected chi connectivity index (χ1v) is 6.32. The highest BCUT2D eigenvalue weighted by Gasteiger charge is 2.33. The van der Waals surface area contributed by atoms with E-state index >= 15 is 0 Å². The van der Waals surface area contributed by atoms with Gasteiger partial charge in [-0.2, -0.15) is 18.4 Å². The van der Waals surface area contributed by atoms with Crippen LogP contribution in [0.2, 0.25) is 0 Å². The lowest BCUT2D eigenvalue weighted by atomic mass is 10.2. The number of pyridine rings is 1. The van der Waals surface area contributed by atoms with Crippen LogP contribution in [0.3, 0.4) is 0 Å². The molecule has 0 saturated heterocycles. The normalized spacial score (nSPS) is 11.2. The summed E-state index contributed by atoms with van der Waals surface area (Å²) in [6, 6.07) is 3.72. The molecule has 0 atom stereocenters. The number of aromatic nitrogens is 1. The molecule has 0 aliphatic carbocycles. The smallest absolute Gasteiger partial charge is 0.396 e. The number of alkyl halides is 3. The molecule has 1 heterocycles. The first-order valence-electron chi connectivity index (χ1n) is 6.32. The van der Waals surface area contributed by atoms with Gasteiger partial charge in [0.05, 0.1) is 5.56 Å². The lowest BCUT2D eigenvalue weighted by molar-refractivity contribution is -0.141. The Labute approximate surface area is 115 Å². The van der Waals surface area contributed by atoms with Crippen molar-refractivity contribution in [1.29, 1.82) is 5.26 Å². The summed E-state index contributed by atoms with van der Waals surface area (Å²) < 4.78 is 37.6. The molecule has 1 rings (SSSR count). The maximum atomic E-state index is 12.5. The van der Waals surface area contributed by atoms with Gasteiger partial charge < -0.3 is 10.4 Å². The van der Waals surface area contributed by atoms with Gasteiger partial charge in [-0.3, -0.25) is 0 Å². The Hall–Kier alpha value is -1.81. The van der Waals surface area contributed by atoms with Crippen molar-refractivity contribution in [2.75, 3.05) is 18.5 Å². The van der Waals surface area contributed by atoms with E-state index in [-0.39, 0.29) is 18.0 Å². The second-order valence-corrected chi connectivity index (χ2v) is 4.27. The minimum atomic E-state index is -4.52. The van der Waals surface area contributed by atoms with Crippen LogP contribution in [-0.2, 0) is 6.18 Å². The van der Waals surface area contributed by atoms with E-state index in [1.807, 2.05) is 6.07 Å². The average molecular weight is 287 g/mol. The van der Waals surface area contributed by atoms with Gasteiger partial charge in [0.15, 0.2) is 0 Å². The van der Waals surface area contributed by atoms with Crippen LogP contribution in [0.1, 0.15) is 36.9 Å². The van der Waals surface area contributed by atoms with E-state index in [1.54, 1.807) is 0 Å². The number of hydrogen-bond acceptors (Lipinski definition) is 4. The number of unbranched alkanes of at least 4 members (excludes halogenated alkanes) is 3. The number of nitrogens with zero attached hydrogens (tertiary/aromatic N) is 2. The fourth-order valence-corrected chi connectivity index (χ4v) is 1.64. The third-order valence-corrected chi connectivity index (χ3v) is 2.68. The summed E-state index contributed by atoms with van der Waals surface area (Å²) in [5, 5.41) is 20.2. The maximum absolute atomic E-state index is 12.5. The van der Waals surface area contributed by atoms with Crippen molar-refractivity contribution in [1.82, 2.24) is 4.98 Å². The van der Waals surface area contributed by atoms with Gasteiger partial charge in [0.2, 0.25) is 0 Å². The maximum Gasteiger partial charge on any atom is 0.433 e. The first kappa shape index (κ1) is 16.2. The Morgan fingerprint density at radius 1 is 1.20 bits per heavy atom. The standard InChI is InChI=1S/C13H16F3N3O/c14-13(15,16)11-6-5-10(9-17)12(19-11)18-7-3-1-2-4-8-20/h5-6,20H,1-4,7-8H2,(H,18,19). The quantitative estimate of drug-likeness (QED) is 0.756. The number of aliphatic hydroxyl groups is 1. The largest absolute Gasteiger partial charge is 0.433 e. The highest BCUT2D eigenvalue weighted by atomic mass is 19.4. The Balaban J connectivity index is 2.61. The van der Waals surface area contributed by atoms with Crippen LogP contribution in [-0.4, -0.2) is 23.2 Å². The van der Waals surface area contributed by atoms with Crippen molar-refractivity contribution < 1.29 is 18.3 Å². The van der Waals surface area contributed by atoms with E-state index in [1.165, 1.54) is 0 Å². The van der Waals surface area contributed by atoms with E-state index in [0.29, 0.717) is 13.0 Å². The number of nitriles is 1. The molecule has 0 spiro atoms. The second-order valence-electron chi connectivity index (χ2n) is 4.27. The number of anilines is 1. The molecular weight excluding hydrogens is 271 g/mol. The molecule has 0 unspecified atom stereocenters. The van der Waals surface area contributed by atoms with Crippen LogP contribution < -0.4 is 5.32 Å². The van der Waals surface area contributed by atoms with Gasteiger partial charge in [0.25, 0.3) is 0 Å². The number of hydrogen-bond donors (Lipinski definition) is 2. The number of aliphatic hydroxyl groups excluding tert-OH is 1. The summed E-state index contributed by atoms with van der Waals surface area (Å²) in [6.45, 7) is 0.579. The number of rotatable bonds is 7. The van der Waals surface area contributed by atoms with Crippen molar-refractivity contribution in [3.8, 4) is 6.07 Å². The van der Waals surface area contributed by atoms with Crippen LogP contribution in [0.25, 0.3) is 0 Å². The van der Waals surface area contributed by atoms with Crippen LogP contribution in [0.15, 0.2) is 12.1 Å². The van der Waals surface area contributed by atoms with Gasteiger partial charge in [-0.05, 0) is 25.0 Å². The minimum absolute atomic E-state index is 0.0375. The van der Waals surface area contributed by atoms with E-state index in [9.17, 15) is 13.2 Å². The summed E-state index contributed by atoms with van der Waals surface area (Å²) in [5.41, 5.74) is -0.923. The molecule has 0 aromatic carbocycles. The number of halogens is 3. The Bertz CT molecular complexity index is 469. The molecule has 0 amide bonds. The summed E-state index contributed by atoms with van der Waals surface area (Å²) in [6.07, 6.45) is -1.35. The molecule has 1 aromatic heterocycles. The van der Waals surface area contributed by atoms with Crippen LogP contribution in [0.4, 0.5) is 19.0 Å². The topological polar surface area (TPSA) is 68.9 Å². The molecule has 2 N–H and O–H groups in total. The Kier molecular flexibility index (Phi) is 6.25. The first-order chi connectivity index (χ1) is 9.49. The summed E-state index contributed by atoms with van der Waals surface area (Å²) in [4.78, 5) is 3.45. The zero-order valence-corrected chi connectivity index (χ0v) is 10.9. The van der Waals surface area contributed by atoms with Crippen molar-refractivity contribution in [2.24, 2.45) is 0 Å². The monoisotopic (exact) mass is 287 g/mol. The van der Waals surface area contributed by atoms with Gasteiger partial charge in [0.1, 0.15) is 17.6 Å². The van der Waals surface area contributed by atoms with Crippen LogP contribution >= 0.6 is 0 Å². The highest BCUT2D eigenvalue weighted by molar-refractivity contribution is 5.52. The van der Waals surface area contributed by atoms with Gasteiger partial charge in [-0.25, -0.2) is 4.98 Å². The molecule has 20 heavy (non-hydrogen) atoms. The molecule has 110 valence electrons. The average Bonchev–Trinajstić information content (AvgIpc) is 2.41. The van der Waals surface area contributed by atoms with E-state index in [4.69, 9.17) is 10.4 Å². The lowest BCUT2D eigenvalue weighted by Gasteiger charge is -2.11. The predicted molar refractivity (Wildman–Crippen MR) is 68.0 cm³/mol. The number of nitrogens with one attached hydrogen (secondary N) is 1.